The summed E-state index contributed by atoms with van der Waals surface area (Å²) in [6.07, 6.45) is 2.98. The predicted octanol–water partition coefficient (Wildman–Crippen LogP) is 4.44. The van der Waals surface area contributed by atoms with Crippen molar-refractivity contribution in [3.63, 3.8) is 0 Å². The highest BCUT2D eigenvalue weighted by atomic mass is 16.5. The Kier molecular flexibility index (Phi) is 7.07. The number of amides is 1. The third kappa shape index (κ3) is 5.25. The van der Waals surface area contributed by atoms with Crippen LogP contribution in [0.4, 0.5) is 0 Å². The molecule has 1 atom stereocenters. The lowest BCUT2D eigenvalue weighted by Gasteiger charge is -2.33. The quantitative estimate of drug-likeness (QED) is 0.497. The van der Waals surface area contributed by atoms with E-state index in [1.165, 1.54) is 7.11 Å². The van der Waals surface area contributed by atoms with Crippen LogP contribution in [0.3, 0.4) is 0 Å². The van der Waals surface area contributed by atoms with Gasteiger partial charge in [-0.3, -0.25) is 4.79 Å². The fraction of sp³-hybridized carbons (Fsp3) is 0.346. The molecule has 0 aliphatic carbocycles. The molecule has 0 spiro atoms. The normalized spacial score (nSPS) is 15.8. The Bertz CT molecular complexity index is 1110. The maximum atomic E-state index is 13.1. The van der Waals surface area contributed by atoms with Gasteiger partial charge in [0.25, 0.3) is 5.91 Å². The molecule has 0 bridgehead atoms. The van der Waals surface area contributed by atoms with Gasteiger partial charge < -0.3 is 18.8 Å². The number of hydrogen-bond donors (Lipinski definition) is 0. The number of methoxy groups -OCH3 is 1. The van der Waals surface area contributed by atoms with E-state index in [-0.39, 0.29) is 11.9 Å². The summed E-state index contributed by atoms with van der Waals surface area (Å²) < 4.78 is 16.6. The van der Waals surface area contributed by atoms with E-state index in [4.69, 9.17) is 13.9 Å². The van der Waals surface area contributed by atoms with Gasteiger partial charge >= 0.3 is 5.97 Å². The van der Waals surface area contributed by atoms with E-state index in [2.05, 4.69) is 4.98 Å². The summed E-state index contributed by atoms with van der Waals surface area (Å²) in [7, 11) is 1.35. The number of esters is 1. The molecule has 0 saturated carbocycles. The van der Waals surface area contributed by atoms with Crippen molar-refractivity contribution in [2.24, 2.45) is 0 Å². The molecule has 0 radical (unpaired) electrons. The molecule has 1 aromatic heterocycles. The minimum atomic E-state index is -0.533. The maximum Gasteiger partial charge on any atom is 0.328 e. The van der Waals surface area contributed by atoms with Crippen LogP contribution in [0, 0.1) is 6.92 Å². The lowest BCUT2D eigenvalue weighted by Crippen LogP contribution is -2.48. The van der Waals surface area contributed by atoms with Crippen LogP contribution in [0.25, 0.3) is 11.5 Å². The average Bonchev–Trinajstić information content (AvgIpc) is 3.24. The average molecular weight is 449 g/mol. The Morgan fingerprint density at radius 3 is 2.73 bits per heavy atom. The lowest BCUT2D eigenvalue weighted by atomic mass is 10.0. The van der Waals surface area contributed by atoms with Gasteiger partial charge in [-0.25, -0.2) is 9.78 Å². The minimum Gasteiger partial charge on any atom is -0.493 e. The van der Waals surface area contributed by atoms with Gasteiger partial charge in [0.15, 0.2) is 0 Å². The number of ether oxygens (including phenoxy) is 2. The van der Waals surface area contributed by atoms with Crippen LogP contribution < -0.4 is 4.74 Å². The number of likely N-dealkylation sites (tertiary alicyclic amines) is 1. The zero-order chi connectivity index (χ0) is 23.2. The number of benzene rings is 2. The van der Waals surface area contributed by atoms with E-state index in [1.54, 1.807) is 23.1 Å². The first-order valence-electron chi connectivity index (χ1n) is 11.2. The number of carbonyl (C=O) groups excluding carboxylic acids is 2. The van der Waals surface area contributed by atoms with Gasteiger partial charge in [-0.1, -0.05) is 24.3 Å². The van der Waals surface area contributed by atoms with Crippen molar-refractivity contribution in [1.82, 2.24) is 9.88 Å². The Balaban J connectivity index is 1.39. The molecule has 1 fully saturated rings. The summed E-state index contributed by atoms with van der Waals surface area (Å²) in [4.78, 5) is 31.4. The first kappa shape index (κ1) is 22.6. The van der Waals surface area contributed by atoms with Gasteiger partial charge in [-0.05, 0) is 56.5 Å². The van der Waals surface area contributed by atoms with Crippen LogP contribution in [0.2, 0.25) is 0 Å². The van der Waals surface area contributed by atoms with Gasteiger partial charge in [-0.15, -0.1) is 0 Å². The van der Waals surface area contributed by atoms with Crippen molar-refractivity contribution in [2.75, 3.05) is 20.3 Å². The lowest BCUT2D eigenvalue weighted by molar-refractivity contribution is -0.147. The highest BCUT2D eigenvalue weighted by molar-refractivity contribution is 5.97. The van der Waals surface area contributed by atoms with E-state index < -0.39 is 6.04 Å². The molecule has 1 aliphatic rings. The zero-order valence-electron chi connectivity index (χ0n) is 19.0. The molecule has 172 valence electrons. The molecular formula is C26H28N2O5. The first-order valence-corrected chi connectivity index (χ1v) is 11.2. The highest BCUT2D eigenvalue weighted by Gasteiger charge is 2.33. The molecule has 7 heteroatoms. The zero-order valence-corrected chi connectivity index (χ0v) is 19.0. The van der Waals surface area contributed by atoms with Crippen LogP contribution in [-0.4, -0.2) is 48.1 Å². The number of oxazole rings is 1. The summed E-state index contributed by atoms with van der Waals surface area (Å²) >= 11 is 0. The first-order chi connectivity index (χ1) is 16.1. The Hall–Kier alpha value is -3.61. The second kappa shape index (κ2) is 10.3. The van der Waals surface area contributed by atoms with Crippen molar-refractivity contribution >= 4 is 11.9 Å². The second-order valence-electron chi connectivity index (χ2n) is 8.05. The molecule has 1 aliphatic heterocycles. The number of rotatable bonds is 7. The molecule has 1 unspecified atom stereocenters. The summed E-state index contributed by atoms with van der Waals surface area (Å²) in [6.45, 7) is 2.83. The van der Waals surface area contributed by atoms with Gasteiger partial charge in [0.1, 0.15) is 17.6 Å². The van der Waals surface area contributed by atoms with E-state index in [9.17, 15) is 9.59 Å². The Morgan fingerprint density at radius 2 is 1.94 bits per heavy atom. The van der Waals surface area contributed by atoms with E-state index >= 15 is 0 Å². The van der Waals surface area contributed by atoms with Crippen LogP contribution in [0.5, 0.6) is 5.75 Å². The minimum absolute atomic E-state index is 0.185. The van der Waals surface area contributed by atoms with Crippen LogP contribution in [-0.2, 0) is 16.0 Å². The van der Waals surface area contributed by atoms with Crippen LogP contribution in [0.15, 0.2) is 59.0 Å². The molecule has 4 rings (SSSR count). The third-order valence-electron chi connectivity index (χ3n) is 5.84. The van der Waals surface area contributed by atoms with Gasteiger partial charge in [0.05, 0.1) is 19.4 Å². The molecular weight excluding hydrogens is 420 g/mol. The molecule has 33 heavy (non-hydrogen) atoms. The highest BCUT2D eigenvalue weighted by Crippen LogP contribution is 2.24. The van der Waals surface area contributed by atoms with E-state index in [0.717, 1.165) is 29.9 Å². The number of nitrogens with zero attached hydrogens (tertiary/aromatic N) is 2. The second-order valence-corrected chi connectivity index (χ2v) is 8.05. The van der Waals surface area contributed by atoms with Crippen molar-refractivity contribution in [3.05, 3.63) is 71.6 Å². The van der Waals surface area contributed by atoms with Gasteiger partial charge in [0, 0.05) is 24.1 Å². The summed E-state index contributed by atoms with van der Waals surface area (Å²) in [6, 6.07) is 16.3. The van der Waals surface area contributed by atoms with Crippen molar-refractivity contribution in [2.45, 2.75) is 38.6 Å². The van der Waals surface area contributed by atoms with E-state index in [1.807, 2.05) is 43.3 Å². The van der Waals surface area contributed by atoms with Crippen molar-refractivity contribution < 1.29 is 23.5 Å². The fourth-order valence-corrected chi connectivity index (χ4v) is 4.07. The monoisotopic (exact) mass is 448 g/mol. The number of hydrogen-bond acceptors (Lipinski definition) is 6. The SMILES string of the molecule is COC(=O)C1CCCCN1C(=O)c1cccc(OCCc2nc(-c3ccccc3)oc2C)c1. The predicted molar refractivity (Wildman–Crippen MR) is 123 cm³/mol. The molecule has 3 aromatic rings. The number of aromatic nitrogens is 1. The van der Waals surface area contributed by atoms with Crippen molar-refractivity contribution in [1.29, 1.82) is 0 Å². The molecule has 2 aromatic carbocycles. The summed E-state index contributed by atoms with van der Waals surface area (Å²) in [5.41, 5.74) is 2.27. The molecule has 7 nitrogen and oxygen atoms in total. The van der Waals surface area contributed by atoms with Gasteiger partial charge in [0.2, 0.25) is 5.89 Å². The Morgan fingerprint density at radius 1 is 1.12 bits per heavy atom. The number of carbonyl (C=O) groups is 2. The summed E-state index contributed by atoms with van der Waals surface area (Å²) in [5.74, 6) is 1.40. The fourth-order valence-electron chi connectivity index (χ4n) is 4.07. The van der Waals surface area contributed by atoms with Gasteiger partial charge in [-0.2, -0.15) is 0 Å². The smallest absolute Gasteiger partial charge is 0.328 e. The molecule has 1 amide bonds. The standard InChI is InChI=1S/C26H28N2O5/c1-18-22(27-24(33-18)19-9-4-3-5-10-19)14-16-32-21-12-8-11-20(17-21)25(29)28-15-7-6-13-23(28)26(30)31-2/h3-5,8-12,17,23H,6-7,13-16H2,1-2H3. The summed E-state index contributed by atoms with van der Waals surface area (Å²) in [5, 5.41) is 0. The number of piperidine rings is 1. The largest absolute Gasteiger partial charge is 0.493 e. The molecule has 2 heterocycles. The molecule has 0 N–H and O–H groups in total. The third-order valence-corrected chi connectivity index (χ3v) is 5.84. The van der Waals surface area contributed by atoms with E-state index in [0.29, 0.717) is 43.2 Å². The number of aryl methyl sites for hydroxylation is 1. The molecule has 1 saturated heterocycles. The van der Waals surface area contributed by atoms with Crippen LogP contribution >= 0.6 is 0 Å². The maximum absolute atomic E-state index is 13.1. The van der Waals surface area contributed by atoms with Crippen LogP contribution in [0.1, 0.15) is 41.1 Å². The topological polar surface area (TPSA) is 81.9 Å². The van der Waals surface area contributed by atoms with Crippen molar-refractivity contribution in [3.8, 4) is 17.2 Å². The Labute approximate surface area is 193 Å².